The second-order valence-electron chi connectivity index (χ2n) is 4.59. The van der Waals surface area contributed by atoms with Gasteiger partial charge in [-0.05, 0) is 30.6 Å². The first kappa shape index (κ1) is 12.2. The fraction of sp³-hybridized carbons (Fsp3) is 0.750. The number of esters is 1. The minimum absolute atomic E-state index is 0.371. The molecule has 0 aromatic carbocycles. The zero-order chi connectivity index (χ0) is 11.4. The van der Waals surface area contributed by atoms with Crippen molar-refractivity contribution in [1.82, 2.24) is 0 Å². The number of hydrogen-bond donors (Lipinski definition) is 1. The molecule has 1 rings (SSSR count). The fourth-order valence-electron chi connectivity index (χ4n) is 1.87. The van der Waals surface area contributed by atoms with Gasteiger partial charge in [-0.3, -0.25) is 4.79 Å². The van der Waals surface area contributed by atoms with E-state index in [9.17, 15) is 4.79 Å². The van der Waals surface area contributed by atoms with Crippen LogP contribution in [0, 0.1) is 17.8 Å². The minimum Gasteiger partial charge on any atom is -0.468 e. The van der Waals surface area contributed by atoms with Gasteiger partial charge in [0.1, 0.15) is 6.04 Å². The lowest BCUT2D eigenvalue weighted by atomic mass is 9.90. The molecule has 0 aromatic heterocycles. The van der Waals surface area contributed by atoms with Gasteiger partial charge in [-0.2, -0.15) is 0 Å². The van der Waals surface area contributed by atoms with Crippen LogP contribution in [-0.2, 0) is 9.53 Å². The van der Waals surface area contributed by atoms with Gasteiger partial charge >= 0.3 is 5.97 Å². The number of nitrogens with two attached hydrogens (primary N) is 1. The molecule has 0 aromatic rings. The summed E-state index contributed by atoms with van der Waals surface area (Å²) in [6.07, 6.45) is 6.47. The highest BCUT2D eigenvalue weighted by atomic mass is 16.5. The van der Waals surface area contributed by atoms with Crippen molar-refractivity contribution in [1.29, 1.82) is 0 Å². The van der Waals surface area contributed by atoms with Gasteiger partial charge in [0.25, 0.3) is 0 Å². The number of rotatable bonds is 5. The largest absolute Gasteiger partial charge is 0.468 e. The van der Waals surface area contributed by atoms with Crippen LogP contribution in [0.15, 0.2) is 12.2 Å². The van der Waals surface area contributed by atoms with E-state index in [1.54, 1.807) is 6.08 Å². The number of methoxy groups -OCH3 is 1. The van der Waals surface area contributed by atoms with Gasteiger partial charge in [0.05, 0.1) is 7.11 Å². The zero-order valence-electron chi connectivity index (χ0n) is 9.77. The highest BCUT2D eigenvalue weighted by Crippen LogP contribution is 2.41. The summed E-state index contributed by atoms with van der Waals surface area (Å²) in [6, 6.07) is -0.616. The Morgan fingerprint density at radius 1 is 1.40 bits per heavy atom. The summed E-state index contributed by atoms with van der Waals surface area (Å²) in [5, 5.41) is 0. The Hall–Kier alpha value is -0.830. The number of hydrogen-bond acceptors (Lipinski definition) is 3. The van der Waals surface area contributed by atoms with Crippen molar-refractivity contribution in [2.75, 3.05) is 7.11 Å². The van der Waals surface area contributed by atoms with Crippen LogP contribution >= 0.6 is 0 Å². The molecule has 0 radical (unpaired) electrons. The molecule has 1 aliphatic carbocycles. The molecule has 1 fully saturated rings. The van der Waals surface area contributed by atoms with Crippen molar-refractivity contribution >= 4 is 5.97 Å². The molecular weight excluding hydrogens is 190 g/mol. The molecule has 3 heteroatoms. The van der Waals surface area contributed by atoms with Crippen LogP contribution in [-0.4, -0.2) is 19.1 Å². The fourth-order valence-corrected chi connectivity index (χ4v) is 1.87. The summed E-state index contributed by atoms with van der Waals surface area (Å²) in [5.41, 5.74) is 5.64. The Morgan fingerprint density at radius 2 is 2.00 bits per heavy atom. The summed E-state index contributed by atoms with van der Waals surface area (Å²) in [5.74, 6) is 1.59. The van der Waals surface area contributed by atoms with Crippen molar-refractivity contribution in [2.24, 2.45) is 23.5 Å². The normalized spacial score (nSPS) is 20.6. The van der Waals surface area contributed by atoms with E-state index in [4.69, 9.17) is 5.73 Å². The smallest absolute Gasteiger partial charge is 0.326 e. The molecule has 0 heterocycles. The van der Waals surface area contributed by atoms with Crippen LogP contribution in [0.3, 0.4) is 0 Å². The predicted octanol–water partition coefficient (Wildman–Crippen LogP) is 1.73. The van der Waals surface area contributed by atoms with Gasteiger partial charge in [-0.15, -0.1) is 0 Å². The third-order valence-electron chi connectivity index (χ3n) is 2.95. The first-order chi connectivity index (χ1) is 7.06. The first-order valence-electron chi connectivity index (χ1n) is 5.58. The van der Waals surface area contributed by atoms with Crippen molar-refractivity contribution in [3.8, 4) is 0 Å². The summed E-state index contributed by atoms with van der Waals surface area (Å²) in [6.45, 7) is 4.41. The van der Waals surface area contributed by atoms with Crippen LogP contribution in [0.25, 0.3) is 0 Å². The highest BCUT2D eigenvalue weighted by Gasteiger charge is 2.31. The lowest BCUT2D eigenvalue weighted by Crippen LogP contribution is -2.29. The number of carbonyl (C=O) groups is 1. The Bertz CT molecular complexity index is 242. The van der Waals surface area contributed by atoms with Crippen LogP contribution in [0.4, 0.5) is 0 Å². The van der Waals surface area contributed by atoms with Gasteiger partial charge < -0.3 is 10.5 Å². The molecule has 1 aliphatic rings. The maximum atomic E-state index is 11.1. The van der Waals surface area contributed by atoms with Crippen LogP contribution in [0.2, 0.25) is 0 Å². The summed E-state index contributed by atoms with van der Waals surface area (Å²) < 4.78 is 4.57. The summed E-state index contributed by atoms with van der Waals surface area (Å²) >= 11 is 0. The van der Waals surface area contributed by atoms with E-state index < -0.39 is 6.04 Å². The molecule has 0 amide bonds. The van der Waals surface area contributed by atoms with Gasteiger partial charge in [-0.1, -0.05) is 26.0 Å². The third-order valence-corrected chi connectivity index (χ3v) is 2.95. The van der Waals surface area contributed by atoms with Crippen LogP contribution in [0.1, 0.15) is 26.7 Å². The molecule has 2 unspecified atom stereocenters. The Morgan fingerprint density at radius 3 is 2.40 bits per heavy atom. The highest BCUT2D eigenvalue weighted by molar-refractivity contribution is 5.77. The van der Waals surface area contributed by atoms with E-state index >= 15 is 0 Å². The molecule has 0 aliphatic heterocycles. The first-order valence-corrected chi connectivity index (χ1v) is 5.58. The van der Waals surface area contributed by atoms with E-state index in [-0.39, 0.29) is 5.97 Å². The van der Waals surface area contributed by atoms with Crippen molar-refractivity contribution in [3.63, 3.8) is 0 Å². The van der Waals surface area contributed by atoms with Crippen LogP contribution < -0.4 is 5.73 Å². The standard InChI is InChI=1S/C12H21NO2/c1-8(2)10(9-4-5-9)6-7-11(13)12(14)15-3/h6-11H,4-5,13H2,1-3H3. The maximum Gasteiger partial charge on any atom is 0.326 e. The Labute approximate surface area is 91.7 Å². The second-order valence-corrected chi connectivity index (χ2v) is 4.59. The second kappa shape index (κ2) is 5.31. The Balaban J connectivity index is 2.49. The topological polar surface area (TPSA) is 52.3 Å². The number of allylic oxidation sites excluding steroid dienone is 1. The van der Waals surface area contributed by atoms with Crippen molar-refractivity contribution in [2.45, 2.75) is 32.7 Å². The molecule has 3 nitrogen and oxygen atoms in total. The molecule has 0 saturated heterocycles. The summed E-state index contributed by atoms with van der Waals surface area (Å²) in [7, 11) is 1.36. The van der Waals surface area contributed by atoms with E-state index in [1.807, 2.05) is 0 Å². The molecule has 15 heavy (non-hydrogen) atoms. The average Bonchev–Trinajstić information content (AvgIpc) is 3.00. The number of ether oxygens (including phenoxy) is 1. The van der Waals surface area contributed by atoms with Gasteiger partial charge in [0.15, 0.2) is 0 Å². The van der Waals surface area contributed by atoms with Gasteiger partial charge in [-0.25, -0.2) is 0 Å². The summed E-state index contributed by atoms with van der Waals surface area (Å²) in [4.78, 5) is 11.1. The van der Waals surface area contributed by atoms with E-state index in [1.165, 1.54) is 20.0 Å². The van der Waals surface area contributed by atoms with Crippen molar-refractivity contribution in [3.05, 3.63) is 12.2 Å². The molecule has 0 bridgehead atoms. The molecule has 2 atom stereocenters. The third kappa shape index (κ3) is 3.67. The quantitative estimate of drug-likeness (QED) is 0.556. The van der Waals surface area contributed by atoms with Crippen molar-refractivity contribution < 1.29 is 9.53 Å². The van der Waals surface area contributed by atoms with Gasteiger partial charge in [0, 0.05) is 0 Å². The van der Waals surface area contributed by atoms with E-state index in [0.717, 1.165) is 5.92 Å². The maximum absolute atomic E-state index is 11.1. The van der Waals surface area contributed by atoms with Crippen LogP contribution in [0.5, 0.6) is 0 Å². The lowest BCUT2D eigenvalue weighted by molar-refractivity contribution is -0.140. The minimum atomic E-state index is -0.616. The molecule has 1 saturated carbocycles. The van der Waals surface area contributed by atoms with E-state index in [0.29, 0.717) is 11.8 Å². The molecule has 86 valence electrons. The molecule has 0 spiro atoms. The molecule has 2 N–H and O–H groups in total. The zero-order valence-corrected chi connectivity index (χ0v) is 9.77. The molecular formula is C12H21NO2. The predicted molar refractivity (Wildman–Crippen MR) is 60.2 cm³/mol. The van der Waals surface area contributed by atoms with E-state index in [2.05, 4.69) is 24.7 Å². The Kier molecular flexibility index (Phi) is 4.33. The monoisotopic (exact) mass is 211 g/mol. The SMILES string of the molecule is COC(=O)C(N)C=CC(C(C)C)C1CC1. The van der Waals surface area contributed by atoms with Gasteiger partial charge in [0.2, 0.25) is 0 Å². The number of carbonyl (C=O) groups excluding carboxylic acids is 1. The lowest BCUT2D eigenvalue weighted by Gasteiger charge is -2.16. The average molecular weight is 211 g/mol.